The van der Waals surface area contributed by atoms with E-state index in [9.17, 15) is 13.2 Å². The van der Waals surface area contributed by atoms with E-state index < -0.39 is 10.0 Å². The third-order valence-corrected chi connectivity index (χ3v) is 7.42. The highest BCUT2D eigenvalue weighted by Gasteiger charge is 2.34. The lowest BCUT2D eigenvalue weighted by atomic mass is 9.84. The maximum absolute atomic E-state index is 13.0. The number of carbonyl (C=O) groups is 1. The molecule has 0 aromatic heterocycles. The summed E-state index contributed by atoms with van der Waals surface area (Å²) in [5.41, 5.74) is 2.76. The molecule has 2 aromatic rings. The SMILES string of the molecule is CN(Cc1ccccc1)S(=O)(=O)c1ccc2c(c1)CCN2C(=O)C1CCC1. The number of amides is 1. The molecule has 1 aliphatic carbocycles. The highest BCUT2D eigenvalue weighted by molar-refractivity contribution is 7.89. The van der Waals surface area contributed by atoms with Crippen LogP contribution >= 0.6 is 0 Å². The predicted octanol–water partition coefficient (Wildman–Crippen LogP) is 3.20. The fraction of sp³-hybridized carbons (Fsp3) is 0.381. The Bertz CT molecular complexity index is 953. The molecule has 1 aliphatic heterocycles. The van der Waals surface area contributed by atoms with Gasteiger partial charge in [0.15, 0.2) is 0 Å². The molecular weight excluding hydrogens is 360 g/mol. The molecule has 6 heteroatoms. The molecule has 2 aromatic carbocycles. The van der Waals surface area contributed by atoms with Crippen molar-refractivity contribution in [2.45, 2.75) is 37.1 Å². The van der Waals surface area contributed by atoms with Crippen LogP contribution in [0.5, 0.6) is 0 Å². The summed E-state index contributed by atoms with van der Waals surface area (Å²) in [6, 6.07) is 14.7. The third kappa shape index (κ3) is 3.39. The molecule has 1 fully saturated rings. The van der Waals surface area contributed by atoms with E-state index in [0.29, 0.717) is 19.5 Å². The third-order valence-electron chi connectivity index (χ3n) is 5.62. The number of benzene rings is 2. The fourth-order valence-corrected chi connectivity index (χ4v) is 4.96. The summed E-state index contributed by atoms with van der Waals surface area (Å²) >= 11 is 0. The highest BCUT2D eigenvalue weighted by atomic mass is 32.2. The Morgan fingerprint density at radius 2 is 1.89 bits per heavy atom. The lowest BCUT2D eigenvalue weighted by Gasteiger charge is -2.29. The first-order valence-corrected chi connectivity index (χ1v) is 10.9. The van der Waals surface area contributed by atoms with Crippen LogP contribution in [-0.2, 0) is 27.8 Å². The van der Waals surface area contributed by atoms with Gasteiger partial charge < -0.3 is 4.90 Å². The van der Waals surface area contributed by atoms with Crippen molar-refractivity contribution in [3.8, 4) is 0 Å². The van der Waals surface area contributed by atoms with Crippen LogP contribution in [0.2, 0.25) is 0 Å². The van der Waals surface area contributed by atoms with Gasteiger partial charge in [-0.15, -0.1) is 0 Å². The van der Waals surface area contributed by atoms with Gasteiger partial charge in [0.05, 0.1) is 4.90 Å². The Labute approximate surface area is 160 Å². The maximum atomic E-state index is 13.0. The van der Waals surface area contributed by atoms with Crippen LogP contribution in [0.1, 0.15) is 30.4 Å². The van der Waals surface area contributed by atoms with Crippen LogP contribution in [0.3, 0.4) is 0 Å². The number of carbonyl (C=O) groups excluding carboxylic acids is 1. The van der Waals surface area contributed by atoms with E-state index in [0.717, 1.165) is 36.1 Å². The zero-order valence-corrected chi connectivity index (χ0v) is 16.3. The van der Waals surface area contributed by atoms with E-state index in [4.69, 9.17) is 0 Å². The van der Waals surface area contributed by atoms with Crippen LogP contribution in [0, 0.1) is 5.92 Å². The average Bonchev–Trinajstić information content (AvgIpc) is 3.04. The molecule has 0 spiro atoms. The fourth-order valence-electron chi connectivity index (χ4n) is 3.75. The molecule has 1 saturated carbocycles. The van der Waals surface area contributed by atoms with E-state index in [1.165, 1.54) is 4.31 Å². The standard InChI is InChI=1S/C21H24N2O3S/c1-22(15-16-6-3-2-4-7-16)27(25,26)19-10-11-20-18(14-19)12-13-23(20)21(24)17-8-5-9-17/h2-4,6-7,10-11,14,17H,5,8-9,12-13,15H2,1H3. The summed E-state index contributed by atoms with van der Waals surface area (Å²) < 4.78 is 27.3. The topological polar surface area (TPSA) is 57.7 Å². The summed E-state index contributed by atoms with van der Waals surface area (Å²) in [6.07, 6.45) is 3.78. The Kier molecular flexibility index (Phi) is 4.78. The molecule has 1 amide bonds. The van der Waals surface area contributed by atoms with Crippen LogP contribution < -0.4 is 4.90 Å². The number of fused-ring (bicyclic) bond motifs is 1. The molecule has 27 heavy (non-hydrogen) atoms. The van der Waals surface area contributed by atoms with E-state index in [1.54, 1.807) is 25.2 Å². The zero-order valence-electron chi connectivity index (χ0n) is 15.5. The van der Waals surface area contributed by atoms with Crippen molar-refractivity contribution in [1.82, 2.24) is 4.31 Å². The largest absolute Gasteiger partial charge is 0.312 e. The van der Waals surface area contributed by atoms with E-state index in [2.05, 4.69) is 0 Å². The van der Waals surface area contributed by atoms with Gasteiger partial charge in [-0.2, -0.15) is 4.31 Å². The quantitative estimate of drug-likeness (QED) is 0.795. The molecular formula is C21H24N2O3S. The van der Waals surface area contributed by atoms with Crippen molar-refractivity contribution in [2.24, 2.45) is 5.92 Å². The Balaban J connectivity index is 1.55. The van der Waals surface area contributed by atoms with Gasteiger partial charge in [-0.25, -0.2) is 8.42 Å². The molecule has 1 heterocycles. The average molecular weight is 385 g/mol. The lowest BCUT2D eigenvalue weighted by Crippen LogP contribution is -2.37. The summed E-state index contributed by atoms with van der Waals surface area (Å²) in [6.45, 7) is 0.973. The van der Waals surface area contributed by atoms with Gasteiger partial charge in [-0.05, 0) is 48.6 Å². The van der Waals surface area contributed by atoms with Crippen LogP contribution in [-0.4, -0.2) is 32.2 Å². The van der Waals surface area contributed by atoms with Gasteiger partial charge in [0.25, 0.3) is 0 Å². The smallest absolute Gasteiger partial charge is 0.243 e. The summed E-state index contributed by atoms with van der Waals surface area (Å²) in [5.74, 6) is 0.341. The number of hydrogen-bond donors (Lipinski definition) is 0. The number of hydrogen-bond acceptors (Lipinski definition) is 3. The molecule has 0 N–H and O–H groups in total. The van der Waals surface area contributed by atoms with Crippen LogP contribution in [0.4, 0.5) is 5.69 Å². The minimum absolute atomic E-state index is 0.149. The number of nitrogens with zero attached hydrogens (tertiary/aromatic N) is 2. The molecule has 2 aliphatic rings. The van der Waals surface area contributed by atoms with Gasteiger partial charge >= 0.3 is 0 Å². The molecule has 0 radical (unpaired) electrons. The van der Waals surface area contributed by atoms with Crippen LogP contribution in [0.15, 0.2) is 53.4 Å². The second kappa shape index (κ2) is 7.09. The molecule has 0 saturated heterocycles. The first kappa shape index (κ1) is 18.2. The van der Waals surface area contributed by atoms with Gasteiger partial charge in [-0.3, -0.25) is 4.79 Å². The first-order valence-electron chi connectivity index (χ1n) is 9.41. The second-order valence-corrected chi connectivity index (χ2v) is 9.45. The van der Waals surface area contributed by atoms with Crippen molar-refractivity contribution < 1.29 is 13.2 Å². The van der Waals surface area contributed by atoms with Crippen molar-refractivity contribution in [2.75, 3.05) is 18.5 Å². The van der Waals surface area contributed by atoms with Gasteiger partial charge in [0.1, 0.15) is 0 Å². The number of sulfonamides is 1. The van der Waals surface area contributed by atoms with Gasteiger partial charge in [0, 0.05) is 31.7 Å². The molecule has 0 bridgehead atoms. The summed E-state index contributed by atoms with van der Waals surface area (Å²) in [5, 5.41) is 0. The van der Waals surface area contributed by atoms with Gasteiger partial charge in [0.2, 0.25) is 15.9 Å². The molecule has 0 unspecified atom stereocenters. The Morgan fingerprint density at radius 3 is 2.56 bits per heavy atom. The monoisotopic (exact) mass is 384 g/mol. The molecule has 0 atom stereocenters. The Hall–Kier alpha value is -2.18. The number of rotatable bonds is 5. The van der Waals surface area contributed by atoms with E-state index in [-0.39, 0.29) is 16.7 Å². The number of anilines is 1. The van der Waals surface area contributed by atoms with Crippen molar-refractivity contribution in [1.29, 1.82) is 0 Å². The maximum Gasteiger partial charge on any atom is 0.243 e. The van der Waals surface area contributed by atoms with E-state index >= 15 is 0 Å². The summed E-state index contributed by atoms with van der Waals surface area (Å²) in [7, 11) is -1.98. The normalized spacial score (nSPS) is 17.0. The van der Waals surface area contributed by atoms with Crippen LogP contribution in [0.25, 0.3) is 0 Å². The first-order chi connectivity index (χ1) is 13.0. The minimum atomic E-state index is -3.58. The molecule has 4 rings (SSSR count). The predicted molar refractivity (Wildman–Crippen MR) is 105 cm³/mol. The van der Waals surface area contributed by atoms with Crippen molar-refractivity contribution in [3.05, 3.63) is 59.7 Å². The molecule has 5 nitrogen and oxygen atoms in total. The van der Waals surface area contributed by atoms with Gasteiger partial charge in [-0.1, -0.05) is 36.8 Å². The minimum Gasteiger partial charge on any atom is -0.312 e. The summed E-state index contributed by atoms with van der Waals surface area (Å²) in [4.78, 5) is 14.7. The second-order valence-electron chi connectivity index (χ2n) is 7.40. The molecule has 142 valence electrons. The van der Waals surface area contributed by atoms with Crippen molar-refractivity contribution >= 4 is 21.6 Å². The Morgan fingerprint density at radius 1 is 1.15 bits per heavy atom. The zero-order chi connectivity index (χ0) is 19.0. The van der Waals surface area contributed by atoms with E-state index in [1.807, 2.05) is 35.2 Å². The van der Waals surface area contributed by atoms with Crippen molar-refractivity contribution in [3.63, 3.8) is 0 Å². The lowest BCUT2D eigenvalue weighted by molar-refractivity contribution is -0.124. The highest BCUT2D eigenvalue weighted by Crippen LogP contribution is 2.35.